The van der Waals surface area contributed by atoms with Gasteiger partial charge < -0.3 is 29.8 Å². The summed E-state index contributed by atoms with van der Waals surface area (Å²) in [6.45, 7) is 5.75. The highest BCUT2D eigenvalue weighted by molar-refractivity contribution is 8.03. The fourth-order valence-electron chi connectivity index (χ4n) is 4.68. The molecule has 0 spiro atoms. The van der Waals surface area contributed by atoms with Crippen molar-refractivity contribution >= 4 is 35.0 Å². The van der Waals surface area contributed by atoms with Crippen LogP contribution in [-0.4, -0.2) is 31.8 Å². The maximum atomic E-state index is 13.7. The molecule has 2 amide bonds. The molecule has 3 aromatic rings. The van der Waals surface area contributed by atoms with Gasteiger partial charge in [-0.3, -0.25) is 9.59 Å². The number of nitriles is 1. The Bertz CT molecular complexity index is 1550. The summed E-state index contributed by atoms with van der Waals surface area (Å²) in [5.41, 5.74) is 4.37. The van der Waals surface area contributed by atoms with Crippen LogP contribution in [0.15, 0.2) is 81.1 Å². The van der Waals surface area contributed by atoms with E-state index >= 15 is 0 Å². The van der Waals surface area contributed by atoms with Crippen LogP contribution in [0.1, 0.15) is 36.7 Å². The van der Waals surface area contributed by atoms with E-state index in [9.17, 15) is 14.9 Å². The molecular formula is C31H32N4O5S. The third-order valence-corrected chi connectivity index (χ3v) is 7.74. The second kappa shape index (κ2) is 13.2. The van der Waals surface area contributed by atoms with Crippen LogP contribution in [-0.2, 0) is 16.0 Å². The molecule has 2 heterocycles. The summed E-state index contributed by atoms with van der Waals surface area (Å²) in [5.74, 6) is 0.0590. The number of rotatable bonds is 10. The molecule has 0 aliphatic carbocycles. The molecule has 0 saturated heterocycles. The molecule has 9 nitrogen and oxygen atoms in total. The molecule has 4 rings (SSSR count). The van der Waals surface area contributed by atoms with E-state index in [1.165, 1.54) is 32.2 Å². The van der Waals surface area contributed by atoms with Gasteiger partial charge in [0.15, 0.2) is 0 Å². The number of anilines is 2. The topological polar surface area (TPSA) is 126 Å². The summed E-state index contributed by atoms with van der Waals surface area (Å²) in [7, 11) is 3.04. The number of hydrogen-bond acceptors (Lipinski definition) is 8. The molecule has 3 N–H and O–H groups in total. The highest BCUT2D eigenvalue weighted by atomic mass is 32.2. The number of hydrogen-bond donors (Lipinski definition) is 3. The largest absolute Gasteiger partial charge is 0.497 e. The molecule has 212 valence electrons. The number of furan rings is 1. The normalized spacial score (nSPS) is 14.7. The van der Waals surface area contributed by atoms with Gasteiger partial charge in [-0.25, -0.2) is 0 Å². The highest BCUT2D eigenvalue weighted by Gasteiger charge is 2.37. The molecule has 0 bridgehead atoms. The summed E-state index contributed by atoms with van der Waals surface area (Å²) in [4.78, 5) is 26.7. The lowest BCUT2D eigenvalue weighted by Crippen LogP contribution is -2.31. The minimum Gasteiger partial charge on any atom is -0.497 e. The third-order valence-electron chi connectivity index (χ3n) is 6.73. The van der Waals surface area contributed by atoms with E-state index in [1.54, 1.807) is 37.3 Å². The number of carbonyl (C=O) groups excluding carboxylic acids is 2. The van der Waals surface area contributed by atoms with E-state index in [2.05, 4.69) is 22.0 Å². The minimum atomic E-state index is -0.790. The smallest absolute Gasteiger partial charge is 0.254 e. The Morgan fingerprint density at radius 1 is 1.10 bits per heavy atom. The Balaban J connectivity index is 1.61. The van der Waals surface area contributed by atoms with Crippen molar-refractivity contribution in [2.45, 2.75) is 33.1 Å². The van der Waals surface area contributed by atoms with Gasteiger partial charge >= 0.3 is 0 Å². The van der Waals surface area contributed by atoms with Gasteiger partial charge in [-0.2, -0.15) is 5.26 Å². The van der Waals surface area contributed by atoms with Crippen LogP contribution >= 0.6 is 11.8 Å². The second-order valence-corrected chi connectivity index (χ2v) is 10.3. The lowest BCUT2D eigenvalue weighted by molar-refractivity contribution is -0.114. The summed E-state index contributed by atoms with van der Waals surface area (Å²) < 4.78 is 16.4. The fraction of sp³-hybridized carbons (Fsp3) is 0.258. The lowest BCUT2D eigenvalue weighted by Gasteiger charge is -2.28. The summed E-state index contributed by atoms with van der Waals surface area (Å²) in [6, 6.07) is 16.7. The average Bonchev–Trinajstić information content (AvgIpc) is 3.51. The van der Waals surface area contributed by atoms with Crippen molar-refractivity contribution in [3.8, 4) is 17.6 Å². The third kappa shape index (κ3) is 6.42. The molecule has 1 aliphatic heterocycles. The number of para-hydroxylation sites is 1. The minimum absolute atomic E-state index is 0.0612. The van der Waals surface area contributed by atoms with Gasteiger partial charge in [0.1, 0.15) is 17.3 Å². The van der Waals surface area contributed by atoms with E-state index in [0.717, 1.165) is 23.2 Å². The zero-order valence-corrected chi connectivity index (χ0v) is 24.4. The molecule has 41 heavy (non-hydrogen) atoms. The summed E-state index contributed by atoms with van der Waals surface area (Å²) >= 11 is 1.20. The predicted octanol–water partition coefficient (Wildman–Crippen LogP) is 5.87. The Labute approximate surface area is 243 Å². The molecule has 0 fully saturated rings. The lowest BCUT2D eigenvalue weighted by atomic mass is 9.85. The van der Waals surface area contributed by atoms with Crippen LogP contribution in [0.5, 0.6) is 11.5 Å². The first-order valence-electron chi connectivity index (χ1n) is 13.0. The Morgan fingerprint density at radius 3 is 2.56 bits per heavy atom. The van der Waals surface area contributed by atoms with Crippen LogP contribution in [0, 0.1) is 18.3 Å². The number of methoxy groups -OCH3 is 2. The molecule has 2 aromatic carbocycles. The molecule has 10 heteroatoms. The summed E-state index contributed by atoms with van der Waals surface area (Å²) in [5, 5.41) is 19.9. The number of carbonyl (C=O) groups is 2. The number of ether oxygens (including phenoxy) is 2. The fourth-order valence-corrected chi connectivity index (χ4v) is 5.58. The Morgan fingerprint density at radius 2 is 1.90 bits per heavy atom. The zero-order chi connectivity index (χ0) is 29.5. The molecule has 0 radical (unpaired) electrons. The van der Waals surface area contributed by atoms with Gasteiger partial charge in [0.2, 0.25) is 5.91 Å². The van der Waals surface area contributed by atoms with E-state index in [0.29, 0.717) is 39.2 Å². The van der Waals surface area contributed by atoms with Crippen molar-refractivity contribution in [3.63, 3.8) is 0 Å². The van der Waals surface area contributed by atoms with Gasteiger partial charge in [-0.05, 0) is 55.7 Å². The monoisotopic (exact) mass is 572 g/mol. The molecule has 0 saturated carbocycles. The van der Waals surface area contributed by atoms with Crippen LogP contribution in [0.3, 0.4) is 0 Å². The van der Waals surface area contributed by atoms with Gasteiger partial charge in [0, 0.05) is 17.5 Å². The zero-order valence-electron chi connectivity index (χ0n) is 23.6. The first kappa shape index (κ1) is 29.4. The first-order valence-corrected chi connectivity index (χ1v) is 14.0. The Hall–Kier alpha value is -4.62. The summed E-state index contributed by atoms with van der Waals surface area (Å²) in [6.07, 6.45) is 2.28. The van der Waals surface area contributed by atoms with Gasteiger partial charge in [-0.15, -0.1) is 0 Å². The van der Waals surface area contributed by atoms with Gasteiger partial charge in [-0.1, -0.05) is 36.9 Å². The molecule has 0 unspecified atom stereocenters. The molecular weight excluding hydrogens is 540 g/mol. The van der Waals surface area contributed by atoms with E-state index < -0.39 is 11.8 Å². The number of nitrogens with zero attached hydrogens (tertiary/aromatic N) is 1. The standard InChI is InChI=1S/C31H32N4O5S/c1-6-20-10-7-9-18(2)29(20)35-26(36)17-41-31-22(16-32)28(25-11-8-14-40-25)27(19(3)33-31)30(37)34-23-15-21(38-4)12-13-24(23)39-5/h7-15,28,33H,6,17H2,1-5H3,(H,34,37)(H,35,36)/t28-/m1/s1. The maximum Gasteiger partial charge on any atom is 0.254 e. The number of aryl methyl sites for hydroxylation is 2. The van der Waals surface area contributed by atoms with Crippen molar-refractivity contribution in [1.82, 2.24) is 5.32 Å². The molecule has 1 aliphatic rings. The number of thioether (sulfide) groups is 1. The van der Waals surface area contributed by atoms with E-state index in [4.69, 9.17) is 13.9 Å². The number of amides is 2. The Kier molecular flexibility index (Phi) is 9.42. The maximum absolute atomic E-state index is 13.7. The molecule has 1 atom stereocenters. The highest BCUT2D eigenvalue weighted by Crippen LogP contribution is 2.41. The average molecular weight is 573 g/mol. The SMILES string of the molecule is CCc1cccc(C)c1NC(=O)CSC1=C(C#N)[C@H](c2ccco2)C(C(=O)Nc2cc(OC)ccc2OC)=C(C)N1. The van der Waals surface area contributed by atoms with E-state index in [1.807, 2.05) is 32.0 Å². The first-order chi connectivity index (χ1) is 19.8. The van der Waals surface area contributed by atoms with Crippen molar-refractivity contribution in [3.05, 3.63) is 93.6 Å². The van der Waals surface area contributed by atoms with E-state index in [-0.39, 0.29) is 17.2 Å². The molecule has 1 aromatic heterocycles. The van der Waals surface area contributed by atoms with Crippen LogP contribution in [0.25, 0.3) is 0 Å². The van der Waals surface area contributed by atoms with Crippen LogP contribution in [0.4, 0.5) is 11.4 Å². The van der Waals surface area contributed by atoms with Gasteiger partial charge in [0.05, 0.1) is 60.1 Å². The number of dihydropyridines is 1. The van der Waals surface area contributed by atoms with Gasteiger partial charge in [0.25, 0.3) is 5.91 Å². The number of allylic oxidation sites excluding steroid dienone is 2. The van der Waals surface area contributed by atoms with Crippen molar-refractivity contribution in [2.24, 2.45) is 0 Å². The quantitative estimate of drug-likeness (QED) is 0.275. The van der Waals surface area contributed by atoms with Crippen molar-refractivity contribution in [1.29, 1.82) is 5.26 Å². The van der Waals surface area contributed by atoms with Crippen LogP contribution in [0.2, 0.25) is 0 Å². The number of nitrogens with one attached hydrogen (secondary N) is 3. The van der Waals surface area contributed by atoms with Crippen molar-refractivity contribution in [2.75, 3.05) is 30.6 Å². The second-order valence-electron chi connectivity index (χ2n) is 9.29. The predicted molar refractivity (Wildman–Crippen MR) is 160 cm³/mol. The van der Waals surface area contributed by atoms with Crippen molar-refractivity contribution < 1.29 is 23.5 Å². The van der Waals surface area contributed by atoms with Crippen LogP contribution < -0.4 is 25.4 Å². The number of benzene rings is 2.